The van der Waals surface area contributed by atoms with Crippen molar-refractivity contribution in [3.05, 3.63) is 29.8 Å². The Morgan fingerprint density at radius 3 is 2.94 bits per heavy atom. The van der Waals surface area contributed by atoms with Crippen molar-refractivity contribution in [3.63, 3.8) is 0 Å². The highest BCUT2D eigenvalue weighted by atomic mass is 16.5. The minimum atomic E-state index is -0.141. The first kappa shape index (κ1) is 12.9. The van der Waals surface area contributed by atoms with Crippen LogP contribution in [0.1, 0.15) is 25.3 Å². The molecule has 1 aliphatic heterocycles. The number of aliphatic hydroxyl groups is 1. The second-order valence-electron chi connectivity index (χ2n) is 4.41. The van der Waals surface area contributed by atoms with Gasteiger partial charge in [-0.1, -0.05) is 24.0 Å². The van der Waals surface area contributed by atoms with E-state index in [0.29, 0.717) is 12.7 Å². The first-order valence-electron chi connectivity index (χ1n) is 6.26. The summed E-state index contributed by atoms with van der Waals surface area (Å²) in [7, 11) is 0. The zero-order valence-electron chi connectivity index (χ0n) is 10.6. The van der Waals surface area contributed by atoms with E-state index in [1.54, 1.807) is 0 Å². The molecule has 0 spiro atoms. The fraction of sp³-hybridized carbons (Fsp3) is 0.467. The molecular weight excluding hydrogens is 228 g/mol. The third-order valence-electron chi connectivity index (χ3n) is 2.93. The average molecular weight is 246 g/mol. The summed E-state index contributed by atoms with van der Waals surface area (Å²) in [6.45, 7) is 2.50. The maximum atomic E-state index is 8.72. The molecule has 0 radical (unpaired) electrons. The van der Waals surface area contributed by atoms with E-state index in [1.807, 2.05) is 24.3 Å². The minimum Gasteiger partial charge on any atom is -0.490 e. The van der Waals surface area contributed by atoms with Gasteiger partial charge in [-0.05, 0) is 31.9 Å². The summed E-state index contributed by atoms with van der Waals surface area (Å²) >= 11 is 0. The molecule has 1 aromatic carbocycles. The van der Waals surface area contributed by atoms with Crippen molar-refractivity contribution in [2.24, 2.45) is 0 Å². The topological polar surface area (TPSA) is 38.7 Å². The van der Waals surface area contributed by atoms with Crippen molar-refractivity contribution in [2.75, 3.05) is 13.2 Å². The van der Waals surface area contributed by atoms with Crippen LogP contribution in [-0.2, 0) is 4.74 Å². The molecule has 1 heterocycles. The molecule has 0 bridgehead atoms. The number of rotatable bonds is 3. The van der Waals surface area contributed by atoms with E-state index in [-0.39, 0.29) is 12.7 Å². The number of hydrogen-bond acceptors (Lipinski definition) is 3. The van der Waals surface area contributed by atoms with Crippen LogP contribution in [0.3, 0.4) is 0 Å². The quantitative estimate of drug-likeness (QED) is 0.829. The Bertz CT molecular complexity index is 445. The standard InChI is InChI=1S/C15H18O3/c1-12-8-9-14(18-12)11-17-15-7-3-2-5-13(15)6-4-10-16/h2-3,5,7,12,14,16H,8-11H2,1H3. The highest BCUT2D eigenvalue weighted by molar-refractivity contribution is 5.45. The Balaban J connectivity index is 1.96. The summed E-state index contributed by atoms with van der Waals surface area (Å²) in [6, 6.07) is 7.59. The molecule has 0 aliphatic carbocycles. The largest absolute Gasteiger partial charge is 0.490 e. The van der Waals surface area contributed by atoms with E-state index in [0.717, 1.165) is 24.2 Å². The van der Waals surface area contributed by atoms with E-state index in [4.69, 9.17) is 14.6 Å². The summed E-state index contributed by atoms with van der Waals surface area (Å²) in [5.41, 5.74) is 0.803. The van der Waals surface area contributed by atoms with Gasteiger partial charge in [-0.25, -0.2) is 0 Å². The van der Waals surface area contributed by atoms with Crippen LogP contribution in [0.5, 0.6) is 5.75 Å². The van der Waals surface area contributed by atoms with Crippen molar-refractivity contribution in [3.8, 4) is 17.6 Å². The van der Waals surface area contributed by atoms with Gasteiger partial charge in [0.2, 0.25) is 0 Å². The molecule has 96 valence electrons. The maximum absolute atomic E-state index is 8.72. The van der Waals surface area contributed by atoms with Crippen LogP contribution in [0.15, 0.2) is 24.3 Å². The van der Waals surface area contributed by atoms with Crippen molar-refractivity contribution >= 4 is 0 Å². The minimum absolute atomic E-state index is 0.141. The van der Waals surface area contributed by atoms with Crippen molar-refractivity contribution in [1.29, 1.82) is 0 Å². The highest BCUT2D eigenvalue weighted by Crippen LogP contribution is 2.22. The molecule has 1 aromatic rings. The van der Waals surface area contributed by atoms with Crippen LogP contribution in [0.2, 0.25) is 0 Å². The van der Waals surface area contributed by atoms with Gasteiger partial charge in [0.1, 0.15) is 19.0 Å². The molecule has 1 N–H and O–H groups in total. The molecule has 1 aliphatic rings. The van der Waals surface area contributed by atoms with Crippen molar-refractivity contribution in [2.45, 2.75) is 32.0 Å². The number of hydrogen-bond donors (Lipinski definition) is 1. The maximum Gasteiger partial charge on any atom is 0.135 e. The monoisotopic (exact) mass is 246 g/mol. The van der Waals surface area contributed by atoms with Gasteiger partial charge in [0, 0.05) is 0 Å². The second kappa shape index (κ2) is 6.44. The van der Waals surface area contributed by atoms with E-state index in [9.17, 15) is 0 Å². The SMILES string of the molecule is CC1CCC(COc2ccccc2C#CCO)O1. The second-order valence-corrected chi connectivity index (χ2v) is 4.41. The average Bonchev–Trinajstić information content (AvgIpc) is 2.81. The molecule has 2 unspecified atom stereocenters. The number of benzene rings is 1. The molecule has 1 saturated heterocycles. The summed E-state index contributed by atoms with van der Waals surface area (Å²) in [4.78, 5) is 0. The first-order valence-corrected chi connectivity index (χ1v) is 6.26. The van der Waals surface area contributed by atoms with E-state index in [1.165, 1.54) is 0 Å². The predicted octanol–water partition coefficient (Wildman–Crippen LogP) is 1.98. The van der Waals surface area contributed by atoms with Crippen LogP contribution < -0.4 is 4.74 Å². The third-order valence-corrected chi connectivity index (χ3v) is 2.93. The molecule has 3 heteroatoms. The van der Waals surface area contributed by atoms with Gasteiger partial charge in [0.15, 0.2) is 0 Å². The third kappa shape index (κ3) is 3.49. The van der Waals surface area contributed by atoms with E-state index >= 15 is 0 Å². The molecule has 18 heavy (non-hydrogen) atoms. The van der Waals surface area contributed by atoms with Gasteiger partial charge in [0.25, 0.3) is 0 Å². The van der Waals surface area contributed by atoms with E-state index < -0.39 is 0 Å². The van der Waals surface area contributed by atoms with Gasteiger partial charge < -0.3 is 14.6 Å². The molecular formula is C15H18O3. The van der Waals surface area contributed by atoms with E-state index in [2.05, 4.69) is 18.8 Å². The fourth-order valence-electron chi connectivity index (χ4n) is 2.02. The van der Waals surface area contributed by atoms with Crippen LogP contribution >= 0.6 is 0 Å². The van der Waals surface area contributed by atoms with Gasteiger partial charge >= 0.3 is 0 Å². The Hall–Kier alpha value is -1.50. The highest BCUT2D eigenvalue weighted by Gasteiger charge is 2.22. The normalized spacial score (nSPS) is 22.3. The molecule has 1 fully saturated rings. The van der Waals surface area contributed by atoms with Crippen LogP contribution in [0.25, 0.3) is 0 Å². The van der Waals surface area contributed by atoms with Crippen LogP contribution in [0, 0.1) is 11.8 Å². The summed E-state index contributed by atoms with van der Waals surface area (Å²) in [5, 5.41) is 8.72. The number of para-hydroxylation sites is 1. The Morgan fingerprint density at radius 1 is 1.39 bits per heavy atom. The lowest BCUT2D eigenvalue weighted by Gasteiger charge is -2.13. The fourth-order valence-corrected chi connectivity index (χ4v) is 2.02. The lowest BCUT2D eigenvalue weighted by Crippen LogP contribution is -2.18. The molecule has 3 nitrogen and oxygen atoms in total. The predicted molar refractivity (Wildman–Crippen MR) is 69.5 cm³/mol. The first-order chi connectivity index (χ1) is 8.79. The number of ether oxygens (including phenoxy) is 2. The van der Waals surface area contributed by atoms with Crippen molar-refractivity contribution in [1.82, 2.24) is 0 Å². The smallest absolute Gasteiger partial charge is 0.135 e. The summed E-state index contributed by atoms with van der Waals surface area (Å²) in [5.74, 6) is 6.27. The Kier molecular flexibility index (Phi) is 4.63. The van der Waals surface area contributed by atoms with Gasteiger partial charge in [-0.2, -0.15) is 0 Å². The van der Waals surface area contributed by atoms with Crippen LogP contribution in [0.4, 0.5) is 0 Å². The van der Waals surface area contributed by atoms with Gasteiger partial charge in [-0.3, -0.25) is 0 Å². The zero-order chi connectivity index (χ0) is 12.8. The Morgan fingerprint density at radius 2 is 2.22 bits per heavy atom. The van der Waals surface area contributed by atoms with Gasteiger partial charge in [0.05, 0.1) is 17.8 Å². The zero-order valence-corrected chi connectivity index (χ0v) is 10.6. The summed E-state index contributed by atoms with van der Waals surface area (Å²) < 4.78 is 11.5. The number of aliphatic hydroxyl groups excluding tert-OH is 1. The summed E-state index contributed by atoms with van der Waals surface area (Å²) in [6.07, 6.45) is 2.66. The Labute approximate surface area is 108 Å². The molecule has 2 atom stereocenters. The lowest BCUT2D eigenvalue weighted by molar-refractivity contribution is 0.0264. The van der Waals surface area contributed by atoms with Crippen molar-refractivity contribution < 1.29 is 14.6 Å². The molecule has 0 amide bonds. The lowest BCUT2D eigenvalue weighted by atomic mass is 10.2. The van der Waals surface area contributed by atoms with Gasteiger partial charge in [-0.15, -0.1) is 0 Å². The molecule has 0 aromatic heterocycles. The van der Waals surface area contributed by atoms with Crippen LogP contribution in [-0.4, -0.2) is 30.5 Å². The molecule has 0 saturated carbocycles. The molecule has 2 rings (SSSR count).